The summed E-state index contributed by atoms with van der Waals surface area (Å²) in [6, 6.07) is 0. The monoisotopic (exact) mass is 192 g/mol. The quantitative estimate of drug-likeness (QED) is 0.627. The lowest BCUT2D eigenvalue weighted by Crippen LogP contribution is -2.13. The van der Waals surface area contributed by atoms with Gasteiger partial charge >= 0.3 is 0 Å². The third-order valence-electron chi connectivity index (χ3n) is 1.72. The molecule has 0 bridgehead atoms. The van der Waals surface area contributed by atoms with E-state index in [0.29, 0.717) is 17.2 Å². The minimum Gasteiger partial charge on any atom is -0.291 e. The lowest BCUT2D eigenvalue weighted by atomic mass is 10.2. The maximum absolute atomic E-state index is 11.5. The zero-order chi connectivity index (χ0) is 9.97. The average Bonchev–Trinajstić information content (AvgIpc) is 2.75. The van der Waals surface area contributed by atoms with Crippen LogP contribution in [0.15, 0.2) is 12.5 Å². The van der Waals surface area contributed by atoms with Gasteiger partial charge in [0.1, 0.15) is 6.33 Å². The molecule has 0 saturated heterocycles. The topological polar surface area (TPSA) is 99.3 Å². The van der Waals surface area contributed by atoms with Crippen molar-refractivity contribution >= 4 is 11.9 Å². The van der Waals surface area contributed by atoms with Crippen molar-refractivity contribution in [3.63, 3.8) is 0 Å². The van der Waals surface area contributed by atoms with E-state index in [1.54, 1.807) is 6.92 Å². The van der Waals surface area contributed by atoms with Gasteiger partial charge < -0.3 is 0 Å². The van der Waals surface area contributed by atoms with E-state index in [9.17, 15) is 4.79 Å². The van der Waals surface area contributed by atoms with Gasteiger partial charge in [-0.2, -0.15) is 15.2 Å². The first-order valence-corrected chi connectivity index (χ1v) is 3.94. The summed E-state index contributed by atoms with van der Waals surface area (Å²) < 4.78 is 0. The third kappa shape index (κ3) is 1.47. The normalized spacial score (nSPS) is 10.1. The predicted molar refractivity (Wildman–Crippen MR) is 47.7 cm³/mol. The molecule has 1 amide bonds. The Morgan fingerprint density at radius 1 is 1.43 bits per heavy atom. The molecule has 0 aliphatic rings. The molecule has 0 spiro atoms. The molecule has 3 N–H and O–H groups in total. The maximum Gasteiger partial charge on any atom is 0.261 e. The minimum atomic E-state index is -0.270. The number of nitrogens with one attached hydrogen (secondary N) is 3. The molecule has 7 nitrogen and oxygen atoms in total. The van der Waals surface area contributed by atoms with Gasteiger partial charge in [0.25, 0.3) is 5.91 Å². The van der Waals surface area contributed by atoms with Crippen LogP contribution in [0, 0.1) is 6.92 Å². The number of anilines is 1. The molecule has 0 radical (unpaired) electrons. The number of amides is 1. The van der Waals surface area contributed by atoms with Crippen LogP contribution in [0.3, 0.4) is 0 Å². The Labute approximate surface area is 78.9 Å². The zero-order valence-corrected chi connectivity index (χ0v) is 7.40. The molecule has 0 atom stereocenters. The standard InChI is InChI=1S/C7H8N6O/c1-4-5(2-9-12-4)6(14)11-7-8-3-10-13-7/h2-3H,1H3,(H,9,12)(H2,8,10,11,13,14). The van der Waals surface area contributed by atoms with E-state index in [2.05, 4.69) is 30.7 Å². The number of aryl methyl sites for hydroxylation is 1. The molecular formula is C7H8N6O. The van der Waals surface area contributed by atoms with Crippen LogP contribution in [0.4, 0.5) is 5.95 Å². The van der Waals surface area contributed by atoms with Gasteiger partial charge in [0.2, 0.25) is 5.95 Å². The molecule has 0 aliphatic carbocycles. The molecule has 0 fully saturated rings. The molecule has 72 valence electrons. The Bertz CT molecular complexity index is 431. The van der Waals surface area contributed by atoms with Crippen LogP contribution >= 0.6 is 0 Å². The van der Waals surface area contributed by atoms with Gasteiger partial charge in [-0.15, -0.1) is 0 Å². The second-order valence-electron chi connectivity index (χ2n) is 2.70. The van der Waals surface area contributed by atoms with Crippen LogP contribution in [-0.2, 0) is 0 Å². The van der Waals surface area contributed by atoms with Crippen molar-refractivity contribution in [2.24, 2.45) is 0 Å². The Hall–Kier alpha value is -2.18. The van der Waals surface area contributed by atoms with E-state index >= 15 is 0 Å². The van der Waals surface area contributed by atoms with Gasteiger partial charge in [-0.25, -0.2) is 5.10 Å². The Kier molecular flexibility index (Phi) is 1.98. The van der Waals surface area contributed by atoms with E-state index in [-0.39, 0.29) is 5.91 Å². The summed E-state index contributed by atoms with van der Waals surface area (Å²) in [4.78, 5) is 15.3. The first-order chi connectivity index (χ1) is 6.77. The number of rotatable bonds is 2. The number of hydrogen-bond acceptors (Lipinski definition) is 4. The Morgan fingerprint density at radius 3 is 2.86 bits per heavy atom. The highest BCUT2D eigenvalue weighted by Gasteiger charge is 2.11. The fraction of sp³-hybridized carbons (Fsp3) is 0.143. The van der Waals surface area contributed by atoms with Crippen molar-refractivity contribution in [1.82, 2.24) is 25.4 Å². The smallest absolute Gasteiger partial charge is 0.261 e. The molecular weight excluding hydrogens is 184 g/mol. The zero-order valence-electron chi connectivity index (χ0n) is 7.40. The predicted octanol–water partition coefficient (Wildman–Crippen LogP) is 0.0885. The molecule has 0 saturated carbocycles. The van der Waals surface area contributed by atoms with Gasteiger partial charge in [0, 0.05) is 5.69 Å². The fourth-order valence-electron chi connectivity index (χ4n) is 1.02. The molecule has 2 heterocycles. The summed E-state index contributed by atoms with van der Waals surface area (Å²) in [7, 11) is 0. The number of aromatic nitrogens is 5. The van der Waals surface area contributed by atoms with Crippen LogP contribution in [0.25, 0.3) is 0 Å². The average molecular weight is 192 g/mol. The van der Waals surface area contributed by atoms with E-state index in [1.165, 1.54) is 12.5 Å². The van der Waals surface area contributed by atoms with E-state index in [0.717, 1.165) is 0 Å². The number of hydrogen-bond donors (Lipinski definition) is 3. The van der Waals surface area contributed by atoms with Crippen molar-refractivity contribution in [3.05, 3.63) is 23.8 Å². The number of carbonyl (C=O) groups is 1. The molecule has 2 aromatic rings. The van der Waals surface area contributed by atoms with Crippen LogP contribution in [0.5, 0.6) is 0 Å². The lowest BCUT2D eigenvalue weighted by molar-refractivity contribution is 0.102. The van der Waals surface area contributed by atoms with Crippen molar-refractivity contribution in [1.29, 1.82) is 0 Å². The second kappa shape index (κ2) is 3.29. The van der Waals surface area contributed by atoms with Crippen molar-refractivity contribution < 1.29 is 4.79 Å². The first kappa shape index (κ1) is 8.42. The van der Waals surface area contributed by atoms with Gasteiger partial charge in [-0.05, 0) is 6.92 Å². The molecule has 0 aliphatic heterocycles. The van der Waals surface area contributed by atoms with Gasteiger partial charge in [0.15, 0.2) is 0 Å². The Morgan fingerprint density at radius 2 is 2.29 bits per heavy atom. The molecule has 2 rings (SSSR count). The fourth-order valence-corrected chi connectivity index (χ4v) is 1.02. The van der Waals surface area contributed by atoms with E-state index in [4.69, 9.17) is 0 Å². The lowest BCUT2D eigenvalue weighted by Gasteiger charge is -1.98. The molecule has 0 aromatic carbocycles. The number of nitrogens with zero attached hydrogens (tertiary/aromatic N) is 3. The molecule has 7 heteroatoms. The summed E-state index contributed by atoms with van der Waals surface area (Å²) in [6.45, 7) is 1.77. The van der Waals surface area contributed by atoms with Crippen molar-refractivity contribution in [3.8, 4) is 0 Å². The summed E-state index contributed by atoms with van der Waals surface area (Å²) >= 11 is 0. The Balaban J connectivity index is 2.14. The van der Waals surface area contributed by atoms with Gasteiger partial charge in [-0.1, -0.05) is 0 Å². The van der Waals surface area contributed by atoms with Crippen LogP contribution in [0.1, 0.15) is 16.1 Å². The molecule has 14 heavy (non-hydrogen) atoms. The van der Waals surface area contributed by atoms with Crippen molar-refractivity contribution in [2.45, 2.75) is 6.92 Å². The molecule has 0 unspecified atom stereocenters. The summed E-state index contributed by atoms with van der Waals surface area (Å²) in [6.07, 6.45) is 2.78. The minimum absolute atomic E-state index is 0.270. The highest BCUT2D eigenvalue weighted by Crippen LogP contribution is 2.04. The number of carbonyl (C=O) groups excluding carboxylic acids is 1. The van der Waals surface area contributed by atoms with Gasteiger partial charge in [-0.3, -0.25) is 15.2 Å². The highest BCUT2D eigenvalue weighted by molar-refractivity contribution is 6.03. The summed E-state index contributed by atoms with van der Waals surface area (Å²) in [5.41, 5.74) is 1.20. The van der Waals surface area contributed by atoms with Crippen LogP contribution in [-0.4, -0.2) is 31.3 Å². The molecule has 2 aromatic heterocycles. The first-order valence-electron chi connectivity index (χ1n) is 3.94. The summed E-state index contributed by atoms with van der Waals surface area (Å²) in [5.74, 6) is 0.0450. The summed E-state index contributed by atoms with van der Waals surface area (Å²) in [5, 5.41) is 15.1. The maximum atomic E-state index is 11.5. The largest absolute Gasteiger partial charge is 0.291 e. The van der Waals surface area contributed by atoms with E-state index in [1.807, 2.05) is 0 Å². The number of H-pyrrole nitrogens is 2. The number of aromatic amines is 2. The van der Waals surface area contributed by atoms with Crippen LogP contribution in [0.2, 0.25) is 0 Å². The third-order valence-corrected chi connectivity index (χ3v) is 1.72. The van der Waals surface area contributed by atoms with Crippen LogP contribution < -0.4 is 5.32 Å². The second-order valence-corrected chi connectivity index (χ2v) is 2.70. The SMILES string of the molecule is Cc1[nH]ncc1C(=O)Nc1ncn[nH]1. The van der Waals surface area contributed by atoms with Gasteiger partial charge in [0.05, 0.1) is 11.8 Å². The highest BCUT2D eigenvalue weighted by atomic mass is 16.1. The van der Waals surface area contributed by atoms with Crippen molar-refractivity contribution in [2.75, 3.05) is 5.32 Å². The van der Waals surface area contributed by atoms with E-state index < -0.39 is 0 Å².